The summed E-state index contributed by atoms with van der Waals surface area (Å²) < 4.78 is 0. The van der Waals surface area contributed by atoms with E-state index < -0.39 is 0 Å². The maximum Gasteiger partial charge on any atom is 0.0378 e. The first-order valence-corrected chi connectivity index (χ1v) is 8.34. The van der Waals surface area contributed by atoms with E-state index in [-0.39, 0.29) is 0 Å². The van der Waals surface area contributed by atoms with Crippen LogP contribution in [-0.2, 0) is 5.33 Å². The molecule has 0 N–H and O–H groups in total. The Labute approximate surface area is 117 Å². The normalized spacial score (nSPS) is 25.1. The zero-order valence-corrected chi connectivity index (χ0v) is 13.1. The standard InChI is InChI=1S/C14H20BrNS/c1-10-8-14(5-4-13(10)9-15)16-6-7-17-12(3)11(16)2/h4-5,8,11-12H,6-7,9H2,1-3H3. The van der Waals surface area contributed by atoms with Gasteiger partial charge in [0.2, 0.25) is 0 Å². The molecule has 1 nitrogen and oxygen atoms in total. The lowest BCUT2D eigenvalue weighted by molar-refractivity contribution is 0.627. The Bertz CT molecular complexity index is 394. The van der Waals surface area contributed by atoms with E-state index in [4.69, 9.17) is 0 Å². The van der Waals surface area contributed by atoms with E-state index in [0.29, 0.717) is 6.04 Å². The van der Waals surface area contributed by atoms with Crippen molar-refractivity contribution in [2.45, 2.75) is 37.4 Å². The first-order valence-electron chi connectivity index (χ1n) is 6.17. The minimum absolute atomic E-state index is 0.628. The van der Waals surface area contributed by atoms with Gasteiger partial charge in [-0.05, 0) is 37.1 Å². The van der Waals surface area contributed by atoms with Crippen LogP contribution < -0.4 is 4.90 Å². The van der Waals surface area contributed by atoms with Gasteiger partial charge in [0.15, 0.2) is 0 Å². The van der Waals surface area contributed by atoms with E-state index in [1.807, 2.05) is 0 Å². The van der Waals surface area contributed by atoms with Crippen molar-refractivity contribution in [3.63, 3.8) is 0 Å². The lowest BCUT2D eigenvalue weighted by Gasteiger charge is -2.39. The third-order valence-electron chi connectivity index (χ3n) is 3.69. The van der Waals surface area contributed by atoms with Crippen LogP contribution in [0.3, 0.4) is 0 Å². The summed E-state index contributed by atoms with van der Waals surface area (Å²) in [5.41, 5.74) is 4.16. The average molecular weight is 314 g/mol. The average Bonchev–Trinajstić information content (AvgIpc) is 2.32. The molecule has 1 heterocycles. The highest BCUT2D eigenvalue weighted by Crippen LogP contribution is 2.30. The molecule has 1 fully saturated rings. The number of alkyl halides is 1. The molecule has 0 amide bonds. The second-order valence-corrected chi connectivity index (χ2v) is 6.80. The summed E-state index contributed by atoms with van der Waals surface area (Å²) in [6.45, 7) is 8.04. The summed E-state index contributed by atoms with van der Waals surface area (Å²) in [6.07, 6.45) is 0. The van der Waals surface area contributed by atoms with E-state index in [9.17, 15) is 0 Å². The molecule has 94 valence electrons. The number of aryl methyl sites for hydroxylation is 1. The molecule has 2 rings (SSSR count). The Morgan fingerprint density at radius 2 is 2.18 bits per heavy atom. The van der Waals surface area contributed by atoms with Gasteiger partial charge in [0.1, 0.15) is 0 Å². The summed E-state index contributed by atoms with van der Waals surface area (Å²) in [7, 11) is 0. The van der Waals surface area contributed by atoms with E-state index in [0.717, 1.165) is 10.6 Å². The number of hydrogen-bond donors (Lipinski definition) is 0. The van der Waals surface area contributed by atoms with Gasteiger partial charge in [-0.1, -0.05) is 28.9 Å². The predicted octanol–water partition coefficient (Wildman–Crippen LogP) is 4.22. The summed E-state index contributed by atoms with van der Waals surface area (Å²) in [5.74, 6) is 1.24. The molecular weight excluding hydrogens is 294 g/mol. The molecule has 1 aromatic carbocycles. The molecule has 17 heavy (non-hydrogen) atoms. The second kappa shape index (κ2) is 5.66. The van der Waals surface area contributed by atoms with Crippen LogP contribution in [-0.4, -0.2) is 23.6 Å². The number of thioether (sulfide) groups is 1. The summed E-state index contributed by atoms with van der Waals surface area (Å²) in [4.78, 5) is 2.55. The molecule has 3 heteroatoms. The minimum Gasteiger partial charge on any atom is -0.367 e. The molecule has 0 bridgehead atoms. The monoisotopic (exact) mass is 313 g/mol. The summed E-state index contributed by atoms with van der Waals surface area (Å²) in [6, 6.07) is 7.47. The van der Waals surface area contributed by atoms with Crippen molar-refractivity contribution >= 4 is 33.4 Å². The van der Waals surface area contributed by atoms with Crippen molar-refractivity contribution in [3.05, 3.63) is 29.3 Å². The maximum atomic E-state index is 3.53. The molecular formula is C14H20BrNS. The highest BCUT2D eigenvalue weighted by atomic mass is 79.9. The molecule has 2 unspecified atom stereocenters. The molecule has 1 aliphatic heterocycles. The fourth-order valence-corrected chi connectivity index (χ4v) is 4.03. The van der Waals surface area contributed by atoms with Crippen molar-refractivity contribution < 1.29 is 0 Å². The van der Waals surface area contributed by atoms with Gasteiger partial charge in [-0.3, -0.25) is 0 Å². The Morgan fingerprint density at radius 3 is 2.82 bits per heavy atom. The van der Waals surface area contributed by atoms with Crippen LogP contribution in [0, 0.1) is 6.92 Å². The molecule has 0 radical (unpaired) electrons. The predicted molar refractivity (Wildman–Crippen MR) is 82.5 cm³/mol. The number of halogens is 1. The van der Waals surface area contributed by atoms with Crippen LogP contribution in [0.2, 0.25) is 0 Å². The van der Waals surface area contributed by atoms with Gasteiger partial charge in [0.05, 0.1) is 0 Å². The number of anilines is 1. The van der Waals surface area contributed by atoms with Gasteiger partial charge < -0.3 is 4.90 Å². The zero-order valence-electron chi connectivity index (χ0n) is 10.7. The van der Waals surface area contributed by atoms with E-state index in [2.05, 4.69) is 71.6 Å². The molecule has 2 atom stereocenters. The Balaban J connectivity index is 2.24. The first-order chi connectivity index (χ1) is 8.13. The van der Waals surface area contributed by atoms with Gasteiger partial charge in [-0.2, -0.15) is 11.8 Å². The molecule has 0 aliphatic carbocycles. The van der Waals surface area contributed by atoms with Crippen molar-refractivity contribution in [1.29, 1.82) is 0 Å². The van der Waals surface area contributed by atoms with Crippen LogP contribution in [0.15, 0.2) is 18.2 Å². The Kier molecular flexibility index (Phi) is 4.42. The number of nitrogens with zero attached hydrogens (tertiary/aromatic N) is 1. The molecule has 0 saturated carbocycles. The lowest BCUT2D eigenvalue weighted by Crippen LogP contribution is -2.44. The quantitative estimate of drug-likeness (QED) is 0.752. The van der Waals surface area contributed by atoms with Crippen LogP contribution in [0.4, 0.5) is 5.69 Å². The van der Waals surface area contributed by atoms with Crippen LogP contribution in [0.5, 0.6) is 0 Å². The Hall–Kier alpha value is -0.150. The third kappa shape index (κ3) is 2.82. The van der Waals surface area contributed by atoms with Crippen molar-refractivity contribution in [2.75, 3.05) is 17.2 Å². The van der Waals surface area contributed by atoms with Crippen LogP contribution in [0.1, 0.15) is 25.0 Å². The number of benzene rings is 1. The topological polar surface area (TPSA) is 3.24 Å². The summed E-state index contributed by atoms with van der Waals surface area (Å²) >= 11 is 5.62. The van der Waals surface area contributed by atoms with E-state index >= 15 is 0 Å². The fraction of sp³-hybridized carbons (Fsp3) is 0.571. The minimum atomic E-state index is 0.628. The SMILES string of the molecule is Cc1cc(N2CCSC(C)C2C)ccc1CBr. The van der Waals surface area contributed by atoms with Crippen LogP contribution >= 0.6 is 27.7 Å². The summed E-state index contributed by atoms with van der Waals surface area (Å²) in [5, 5.41) is 1.67. The van der Waals surface area contributed by atoms with Gasteiger partial charge in [0.25, 0.3) is 0 Å². The van der Waals surface area contributed by atoms with Gasteiger partial charge in [-0.25, -0.2) is 0 Å². The largest absolute Gasteiger partial charge is 0.367 e. The molecule has 1 aliphatic rings. The van der Waals surface area contributed by atoms with Crippen molar-refractivity contribution in [2.24, 2.45) is 0 Å². The van der Waals surface area contributed by atoms with Crippen LogP contribution in [0.25, 0.3) is 0 Å². The van der Waals surface area contributed by atoms with Gasteiger partial charge in [-0.15, -0.1) is 0 Å². The van der Waals surface area contributed by atoms with Gasteiger partial charge in [0, 0.05) is 34.6 Å². The van der Waals surface area contributed by atoms with E-state index in [1.54, 1.807) is 0 Å². The van der Waals surface area contributed by atoms with E-state index in [1.165, 1.54) is 29.1 Å². The molecule has 0 aromatic heterocycles. The van der Waals surface area contributed by atoms with Gasteiger partial charge >= 0.3 is 0 Å². The third-order valence-corrected chi connectivity index (χ3v) is 5.63. The zero-order chi connectivity index (χ0) is 12.4. The number of hydrogen-bond acceptors (Lipinski definition) is 2. The lowest BCUT2D eigenvalue weighted by atomic mass is 10.1. The smallest absolute Gasteiger partial charge is 0.0378 e. The molecule has 0 spiro atoms. The Morgan fingerprint density at radius 1 is 1.41 bits per heavy atom. The maximum absolute atomic E-state index is 3.53. The van der Waals surface area contributed by atoms with Crippen molar-refractivity contribution in [3.8, 4) is 0 Å². The number of rotatable bonds is 2. The molecule has 1 saturated heterocycles. The second-order valence-electron chi connectivity index (χ2n) is 4.75. The first kappa shape index (κ1) is 13.3. The fourth-order valence-electron chi connectivity index (χ4n) is 2.31. The molecule has 1 aromatic rings. The van der Waals surface area contributed by atoms with Crippen molar-refractivity contribution in [1.82, 2.24) is 0 Å². The highest BCUT2D eigenvalue weighted by molar-refractivity contribution is 9.08. The highest BCUT2D eigenvalue weighted by Gasteiger charge is 2.25.